The molecule has 0 aromatic heterocycles. The summed E-state index contributed by atoms with van der Waals surface area (Å²) in [6.07, 6.45) is 6.30. The SMILES string of the molecule is Cc1cccc(C(=O)NCCC(=O)NCC2(N3CCOCC3)CCCCC2)c1. The number of carbonyl (C=O) groups is 2. The van der Waals surface area contributed by atoms with E-state index in [1.165, 1.54) is 19.3 Å². The van der Waals surface area contributed by atoms with Crippen molar-refractivity contribution in [3.05, 3.63) is 35.4 Å². The fourth-order valence-corrected chi connectivity index (χ4v) is 4.38. The molecule has 2 N–H and O–H groups in total. The molecule has 3 rings (SSSR count). The number of rotatable bonds is 7. The van der Waals surface area contributed by atoms with Crippen molar-refractivity contribution in [2.75, 3.05) is 39.4 Å². The van der Waals surface area contributed by atoms with Crippen LogP contribution in [0, 0.1) is 6.92 Å². The fraction of sp³-hybridized carbons (Fsp3) is 0.636. The molecule has 1 saturated heterocycles. The van der Waals surface area contributed by atoms with Crippen LogP contribution in [-0.2, 0) is 9.53 Å². The lowest BCUT2D eigenvalue weighted by molar-refractivity contribution is -0.122. The summed E-state index contributed by atoms with van der Waals surface area (Å²) in [6, 6.07) is 7.47. The van der Waals surface area contributed by atoms with Crippen molar-refractivity contribution >= 4 is 11.8 Å². The average molecular weight is 388 g/mol. The minimum atomic E-state index is -0.131. The van der Waals surface area contributed by atoms with Crippen LogP contribution in [0.1, 0.15) is 54.4 Å². The monoisotopic (exact) mass is 387 g/mol. The first-order valence-corrected chi connectivity index (χ1v) is 10.5. The number of hydrogen-bond acceptors (Lipinski definition) is 4. The van der Waals surface area contributed by atoms with Gasteiger partial charge in [-0.15, -0.1) is 0 Å². The summed E-state index contributed by atoms with van der Waals surface area (Å²) in [5, 5.41) is 5.98. The van der Waals surface area contributed by atoms with Gasteiger partial charge in [0.1, 0.15) is 0 Å². The molecule has 0 radical (unpaired) electrons. The van der Waals surface area contributed by atoms with Crippen LogP contribution in [0.5, 0.6) is 0 Å². The van der Waals surface area contributed by atoms with E-state index in [1.54, 1.807) is 6.07 Å². The van der Waals surface area contributed by atoms with E-state index in [1.807, 2.05) is 25.1 Å². The highest BCUT2D eigenvalue weighted by molar-refractivity contribution is 5.94. The van der Waals surface area contributed by atoms with Crippen molar-refractivity contribution < 1.29 is 14.3 Å². The summed E-state index contributed by atoms with van der Waals surface area (Å²) < 4.78 is 5.51. The van der Waals surface area contributed by atoms with Gasteiger partial charge in [-0.2, -0.15) is 0 Å². The highest BCUT2D eigenvalue weighted by Gasteiger charge is 2.38. The van der Waals surface area contributed by atoms with Gasteiger partial charge in [-0.25, -0.2) is 0 Å². The molecule has 154 valence electrons. The predicted octanol–water partition coefficient (Wildman–Crippen LogP) is 2.27. The molecule has 2 amide bonds. The number of aryl methyl sites for hydroxylation is 1. The third-order valence-electron chi connectivity index (χ3n) is 6.00. The summed E-state index contributed by atoms with van der Waals surface area (Å²) >= 11 is 0. The first kappa shape index (κ1) is 20.8. The highest BCUT2D eigenvalue weighted by atomic mass is 16.5. The second-order valence-electron chi connectivity index (χ2n) is 8.04. The second-order valence-corrected chi connectivity index (χ2v) is 8.04. The predicted molar refractivity (Wildman–Crippen MR) is 109 cm³/mol. The third kappa shape index (κ3) is 5.55. The molecule has 0 spiro atoms. The third-order valence-corrected chi connectivity index (χ3v) is 6.00. The molecule has 1 aliphatic heterocycles. The van der Waals surface area contributed by atoms with Crippen LogP contribution in [-0.4, -0.2) is 61.6 Å². The number of hydrogen-bond donors (Lipinski definition) is 2. The molecule has 2 fully saturated rings. The van der Waals surface area contributed by atoms with Crippen LogP contribution in [0.15, 0.2) is 24.3 Å². The molecule has 6 nitrogen and oxygen atoms in total. The maximum Gasteiger partial charge on any atom is 0.251 e. The normalized spacial score (nSPS) is 19.8. The minimum Gasteiger partial charge on any atom is -0.379 e. The number of nitrogens with one attached hydrogen (secondary N) is 2. The quantitative estimate of drug-likeness (QED) is 0.753. The lowest BCUT2D eigenvalue weighted by atomic mass is 9.79. The molecule has 0 unspecified atom stereocenters. The summed E-state index contributed by atoms with van der Waals surface area (Å²) in [4.78, 5) is 27.1. The number of morpholine rings is 1. The average Bonchev–Trinajstić information content (AvgIpc) is 2.73. The van der Waals surface area contributed by atoms with Gasteiger partial charge >= 0.3 is 0 Å². The largest absolute Gasteiger partial charge is 0.379 e. The van der Waals surface area contributed by atoms with Crippen LogP contribution >= 0.6 is 0 Å². The van der Waals surface area contributed by atoms with Crippen molar-refractivity contribution in [1.29, 1.82) is 0 Å². The number of nitrogens with zero attached hydrogens (tertiary/aromatic N) is 1. The van der Waals surface area contributed by atoms with Gasteiger partial charge < -0.3 is 15.4 Å². The van der Waals surface area contributed by atoms with Crippen molar-refractivity contribution in [3.8, 4) is 0 Å². The molecule has 0 atom stereocenters. The van der Waals surface area contributed by atoms with Crippen molar-refractivity contribution in [1.82, 2.24) is 15.5 Å². The summed E-state index contributed by atoms with van der Waals surface area (Å²) in [5.74, 6) is -0.128. The van der Waals surface area contributed by atoms with Crippen LogP contribution in [0.3, 0.4) is 0 Å². The van der Waals surface area contributed by atoms with Gasteiger partial charge in [0.2, 0.25) is 5.91 Å². The maximum atomic E-state index is 12.4. The Morgan fingerprint density at radius 2 is 1.86 bits per heavy atom. The molecule has 1 aliphatic carbocycles. The molecule has 1 heterocycles. The molecule has 0 bridgehead atoms. The zero-order valence-electron chi connectivity index (χ0n) is 17.0. The molecule has 28 heavy (non-hydrogen) atoms. The first-order chi connectivity index (χ1) is 13.6. The Morgan fingerprint density at radius 1 is 1.11 bits per heavy atom. The Kier molecular flexibility index (Phi) is 7.45. The van der Waals surface area contributed by atoms with Gasteiger partial charge in [0.25, 0.3) is 5.91 Å². The van der Waals surface area contributed by atoms with Crippen LogP contribution in [0.4, 0.5) is 0 Å². The van der Waals surface area contributed by atoms with Gasteiger partial charge in [-0.1, -0.05) is 37.0 Å². The summed E-state index contributed by atoms with van der Waals surface area (Å²) in [6.45, 7) is 6.45. The minimum absolute atomic E-state index is 0.00255. The van der Waals surface area contributed by atoms with Gasteiger partial charge in [-0.3, -0.25) is 14.5 Å². The lowest BCUT2D eigenvalue weighted by Crippen LogP contribution is -2.59. The lowest BCUT2D eigenvalue weighted by Gasteiger charge is -2.48. The number of benzene rings is 1. The molecule has 6 heteroatoms. The standard InChI is InChI=1S/C22H33N3O3/c1-18-6-5-7-19(16-18)21(27)23-11-8-20(26)24-17-22(9-3-2-4-10-22)25-12-14-28-15-13-25/h5-7,16H,2-4,8-15,17H2,1H3,(H,23,27)(H,24,26). The first-order valence-electron chi connectivity index (χ1n) is 10.5. The van der Waals surface area contributed by atoms with E-state index >= 15 is 0 Å². The van der Waals surface area contributed by atoms with Crippen LogP contribution in [0.25, 0.3) is 0 Å². The van der Waals surface area contributed by atoms with Gasteiger partial charge in [0.05, 0.1) is 13.2 Å². The molecular weight excluding hydrogens is 354 g/mol. The van der Waals surface area contributed by atoms with E-state index in [2.05, 4.69) is 15.5 Å². The maximum absolute atomic E-state index is 12.4. The molecule has 1 aromatic carbocycles. The van der Waals surface area contributed by atoms with E-state index in [0.29, 0.717) is 25.1 Å². The summed E-state index contributed by atoms with van der Waals surface area (Å²) in [5.41, 5.74) is 1.75. The Morgan fingerprint density at radius 3 is 2.57 bits per heavy atom. The molecule has 2 aliphatic rings. The van der Waals surface area contributed by atoms with Crippen molar-refractivity contribution in [3.63, 3.8) is 0 Å². The zero-order valence-corrected chi connectivity index (χ0v) is 17.0. The van der Waals surface area contributed by atoms with Crippen molar-refractivity contribution in [2.24, 2.45) is 0 Å². The van der Waals surface area contributed by atoms with Crippen LogP contribution < -0.4 is 10.6 Å². The van der Waals surface area contributed by atoms with Gasteiger partial charge in [0, 0.05) is 43.7 Å². The van der Waals surface area contributed by atoms with Crippen molar-refractivity contribution in [2.45, 2.75) is 51.0 Å². The van der Waals surface area contributed by atoms with E-state index < -0.39 is 0 Å². The molecule has 1 saturated carbocycles. The van der Waals surface area contributed by atoms with Gasteiger partial charge in [-0.05, 0) is 31.9 Å². The Labute approximate surface area is 168 Å². The number of ether oxygens (including phenoxy) is 1. The Bertz CT molecular complexity index is 665. The molecular formula is C22H33N3O3. The second kappa shape index (κ2) is 10.0. The fourth-order valence-electron chi connectivity index (χ4n) is 4.38. The topological polar surface area (TPSA) is 70.7 Å². The van der Waals surface area contributed by atoms with E-state index in [4.69, 9.17) is 4.74 Å². The highest BCUT2D eigenvalue weighted by Crippen LogP contribution is 2.33. The summed E-state index contributed by atoms with van der Waals surface area (Å²) in [7, 11) is 0. The van der Waals surface area contributed by atoms with Crippen LogP contribution in [0.2, 0.25) is 0 Å². The van der Waals surface area contributed by atoms with E-state index in [9.17, 15) is 9.59 Å². The number of carbonyl (C=O) groups excluding carboxylic acids is 2. The molecule has 1 aromatic rings. The smallest absolute Gasteiger partial charge is 0.251 e. The van der Waals surface area contributed by atoms with Gasteiger partial charge in [0.15, 0.2) is 0 Å². The van der Waals surface area contributed by atoms with E-state index in [-0.39, 0.29) is 17.4 Å². The number of amides is 2. The Balaban J connectivity index is 1.45. The Hall–Kier alpha value is -1.92. The van der Waals surface area contributed by atoms with E-state index in [0.717, 1.165) is 44.7 Å². The zero-order chi connectivity index (χ0) is 19.8.